The number of ether oxygens (including phenoxy) is 2. The molecule has 5 heteroatoms. The van der Waals surface area contributed by atoms with Gasteiger partial charge in [-0.15, -0.1) is 0 Å². The number of benzene rings is 1. The molecule has 1 aromatic heterocycles. The Labute approximate surface area is 122 Å². The summed E-state index contributed by atoms with van der Waals surface area (Å²) in [5.41, 5.74) is 0.418. The van der Waals surface area contributed by atoms with Gasteiger partial charge in [0.25, 0.3) is 0 Å². The Morgan fingerprint density at radius 3 is 2.48 bits per heavy atom. The number of esters is 2. The average Bonchev–Trinajstić information content (AvgIpc) is 2.43. The molecular weight excluding hydrogens is 270 g/mol. The van der Waals surface area contributed by atoms with E-state index in [2.05, 4.69) is 4.98 Å². The predicted octanol–water partition coefficient (Wildman–Crippen LogP) is 2.98. The first kappa shape index (κ1) is 15.0. The van der Waals surface area contributed by atoms with Crippen molar-refractivity contribution in [2.75, 3.05) is 7.11 Å². The summed E-state index contributed by atoms with van der Waals surface area (Å²) in [6.45, 7) is 5.35. The van der Waals surface area contributed by atoms with E-state index in [4.69, 9.17) is 9.47 Å². The lowest BCUT2D eigenvalue weighted by atomic mass is 10.0. The van der Waals surface area contributed by atoms with Gasteiger partial charge in [0.05, 0.1) is 23.8 Å². The first-order chi connectivity index (χ1) is 9.81. The Balaban J connectivity index is 2.59. The molecule has 0 atom stereocenters. The summed E-state index contributed by atoms with van der Waals surface area (Å²) in [5.74, 6) is -1.03. The normalized spacial score (nSPS) is 11.2. The summed E-state index contributed by atoms with van der Waals surface area (Å²) in [6, 6.07) is 6.61. The van der Waals surface area contributed by atoms with Crippen LogP contribution in [0, 0.1) is 0 Å². The number of carbonyl (C=O) groups is 2. The van der Waals surface area contributed by atoms with Crippen molar-refractivity contribution >= 4 is 22.8 Å². The van der Waals surface area contributed by atoms with Crippen molar-refractivity contribution in [3.05, 3.63) is 41.6 Å². The minimum atomic E-state index is -0.626. The molecule has 1 aromatic carbocycles. The smallest absolute Gasteiger partial charge is 0.340 e. The second-order valence-corrected chi connectivity index (χ2v) is 5.59. The van der Waals surface area contributed by atoms with E-state index < -0.39 is 17.5 Å². The molecule has 2 aromatic rings. The maximum atomic E-state index is 12.3. The standard InChI is InChI=1S/C16H17NO4/c1-16(2,3)21-15(19)12-9-11(14(18)20-4)8-10-6-5-7-17-13(10)12/h5-9H,1-4H3. The molecule has 0 saturated heterocycles. The Morgan fingerprint density at radius 2 is 1.86 bits per heavy atom. The molecule has 21 heavy (non-hydrogen) atoms. The summed E-state index contributed by atoms with van der Waals surface area (Å²) in [6.07, 6.45) is 1.59. The lowest BCUT2D eigenvalue weighted by molar-refractivity contribution is 0.00716. The largest absolute Gasteiger partial charge is 0.465 e. The average molecular weight is 287 g/mol. The molecule has 0 saturated carbocycles. The number of nitrogens with zero attached hydrogens (tertiary/aromatic N) is 1. The molecule has 110 valence electrons. The minimum absolute atomic E-state index is 0.253. The van der Waals surface area contributed by atoms with E-state index in [1.807, 2.05) is 0 Å². The highest BCUT2D eigenvalue weighted by Gasteiger charge is 2.22. The van der Waals surface area contributed by atoms with Gasteiger partial charge in [0.1, 0.15) is 5.60 Å². The van der Waals surface area contributed by atoms with Gasteiger partial charge in [0, 0.05) is 11.6 Å². The molecule has 0 amide bonds. The maximum absolute atomic E-state index is 12.3. The van der Waals surface area contributed by atoms with Crippen molar-refractivity contribution in [2.24, 2.45) is 0 Å². The fraction of sp³-hybridized carbons (Fsp3) is 0.312. The quantitative estimate of drug-likeness (QED) is 0.794. The van der Waals surface area contributed by atoms with E-state index in [1.165, 1.54) is 13.2 Å². The van der Waals surface area contributed by atoms with Gasteiger partial charge >= 0.3 is 11.9 Å². The molecule has 5 nitrogen and oxygen atoms in total. The summed E-state index contributed by atoms with van der Waals surface area (Å²) in [5, 5.41) is 0.682. The van der Waals surface area contributed by atoms with E-state index in [9.17, 15) is 9.59 Å². The molecule has 0 aliphatic carbocycles. The van der Waals surface area contributed by atoms with Crippen molar-refractivity contribution in [1.29, 1.82) is 0 Å². The van der Waals surface area contributed by atoms with E-state index in [1.54, 1.807) is 45.2 Å². The zero-order chi connectivity index (χ0) is 15.6. The topological polar surface area (TPSA) is 65.5 Å². The Hall–Kier alpha value is -2.43. The van der Waals surface area contributed by atoms with E-state index >= 15 is 0 Å². The molecule has 0 N–H and O–H groups in total. The third kappa shape index (κ3) is 3.37. The van der Waals surface area contributed by atoms with Gasteiger partial charge in [-0.2, -0.15) is 0 Å². The molecule has 1 heterocycles. The van der Waals surface area contributed by atoms with E-state index in [0.29, 0.717) is 16.5 Å². The third-order valence-corrected chi connectivity index (χ3v) is 2.74. The third-order valence-electron chi connectivity index (χ3n) is 2.74. The lowest BCUT2D eigenvalue weighted by Gasteiger charge is -2.20. The molecular formula is C16H17NO4. The highest BCUT2D eigenvalue weighted by molar-refractivity contribution is 6.06. The van der Waals surface area contributed by atoms with Crippen molar-refractivity contribution in [2.45, 2.75) is 26.4 Å². The van der Waals surface area contributed by atoms with Crippen molar-refractivity contribution < 1.29 is 19.1 Å². The van der Waals surface area contributed by atoms with Crippen LogP contribution in [-0.4, -0.2) is 29.6 Å². The second kappa shape index (κ2) is 5.52. The van der Waals surface area contributed by atoms with Crippen molar-refractivity contribution in [3.63, 3.8) is 0 Å². The zero-order valence-electron chi connectivity index (χ0n) is 12.5. The summed E-state index contributed by atoms with van der Waals surface area (Å²) >= 11 is 0. The Bertz CT molecular complexity index is 701. The molecule has 0 spiro atoms. The zero-order valence-corrected chi connectivity index (χ0v) is 12.5. The summed E-state index contributed by atoms with van der Waals surface area (Å²) in [7, 11) is 1.29. The summed E-state index contributed by atoms with van der Waals surface area (Å²) < 4.78 is 10.1. The van der Waals surface area contributed by atoms with Crippen LogP contribution in [0.5, 0.6) is 0 Å². The number of hydrogen-bond donors (Lipinski definition) is 0. The van der Waals surface area contributed by atoms with Gasteiger partial charge in [-0.05, 0) is 39.0 Å². The minimum Gasteiger partial charge on any atom is -0.465 e. The van der Waals surface area contributed by atoms with Crippen molar-refractivity contribution in [1.82, 2.24) is 4.98 Å². The highest BCUT2D eigenvalue weighted by atomic mass is 16.6. The van der Waals surface area contributed by atoms with Crippen LogP contribution in [0.2, 0.25) is 0 Å². The van der Waals surface area contributed by atoms with Crippen LogP contribution < -0.4 is 0 Å². The molecule has 2 rings (SSSR count). The first-order valence-electron chi connectivity index (χ1n) is 6.52. The Kier molecular flexibility index (Phi) is 3.93. The van der Waals surface area contributed by atoms with Crippen LogP contribution in [0.3, 0.4) is 0 Å². The van der Waals surface area contributed by atoms with E-state index in [-0.39, 0.29) is 5.56 Å². The number of pyridine rings is 1. The monoisotopic (exact) mass is 287 g/mol. The van der Waals surface area contributed by atoms with Crippen molar-refractivity contribution in [3.8, 4) is 0 Å². The lowest BCUT2D eigenvalue weighted by Crippen LogP contribution is -2.24. The second-order valence-electron chi connectivity index (χ2n) is 5.59. The van der Waals surface area contributed by atoms with Crippen LogP contribution in [0.15, 0.2) is 30.5 Å². The SMILES string of the molecule is COC(=O)c1cc(C(=O)OC(C)(C)C)c2ncccc2c1. The fourth-order valence-electron chi connectivity index (χ4n) is 1.92. The van der Waals surface area contributed by atoms with Crippen LogP contribution in [0.25, 0.3) is 10.9 Å². The number of rotatable bonds is 2. The van der Waals surface area contributed by atoms with Crippen LogP contribution in [0.1, 0.15) is 41.5 Å². The summed E-state index contributed by atoms with van der Waals surface area (Å²) in [4.78, 5) is 28.3. The van der Waals surface area contributed by atoms with Gasteiger partial charge in [0.2, 0.25) is 0 Å². The fourth-order valence-corrected chi connectivity index (χ4v) is 1.92. The number of fused-ring (bicyclic) bond motifs is 1. The van der Waals surface area contributed by atoms with Crippen LogP contribution >= 0.6 is 0 Å². The van der Waals surface area contributed by atoms with Crippen LogP contribution in [0.4, 0.5) is 0 Å². The molecule has 0 aliphatic rings. The number of aromatic nitrogens is 1. The number of hydrogen-bond acceptors (Lipinski definition) is 5. The van der Waals surface area contributed by atoms with Gasteiger partial charge in [-0.25, -0.2) is 9.59 Å². The number of methoxy groups -OCH3 is 1. The first-order valence-corrected chi connectivity index (χ1v) is 6.52. The van der Waals surface area contributed by atoms with Gasteiger partial charge in [0.15, 0.2) is 0 Å². The van der Waals surface area contributed by atoms with E-state index in [0.717, 1.165) is 0 Å². The molecule has 0 aliphatic heterocycles. The molecule has 0 unspecified atom stereocenters. The molecule has 0 radical (unpaired) electrons. The number of carbonyl (C=O) groups excluding carboxylic acids is 2. The van der Waals surface area contributed by atoms with Gasteiger partial charge < -0.3 is 9.47 Å². The van der Waals surface area contributed by atoms with Gasteiger partial charge in [-0.3, -0.25) is 4.98 Å². The highest BCUT2D eigenvalue weighted by Crippen LogP contribution is 2.22. The van der Waals surface area contributed by atoms with Crippen LogP contribution in [-0.2, 0) is 9.47 Å². The predicted molar refractivity (Wildman–Crippen MR) is 78.3 cm³/mol. The maximum Gasteiger partial charge on any atom is 0.340 e. The molecule has 0 bridgehead atoms. The Morgan fingerprint density at radius 1 is 1.14 bits per heavy atom. The molecule has 0 fully saturated rings. The van der Waals surface area contributed by atoms with Gasteiger partial charge in [-0.1, -0.05) is 6.07 Å².